The number of nitrogens with two attached hydrogens (primary N) is 1. The number of amides is 1. The van der Waals surface area contributed by atoms with Crippen LogP contribution in [-0.4, -0.2) is 45.1 Å². The standard InChI is InChI=1S/C13H21N5O/c1-2-11-15-12(17-16-11)13(19)18-6-8-4-3-5-10(14)9(8)7-18/h8-10H,2-7,14H2,1H3,(H,15,16,17). The predicted octanol–water partition coefficient (Wildman–Crippen LogP) is 0.567. The fourth-order valence-electron chi connectivity index (χ4n) is 3.37. The Bertz CT molecular complexity index is 471. The number of hydrogen-bond donors (Lipinski definition) is 2. The average molecular weight is 263 g/mol. The SMILES string of the molecule is CCc1nc(C(=O)N2CC3CCCC(N)C3C2)n[nH]1. The highest BCUT2D eigenvalue weighted by atomic mass is 16.2. The molecule has 3 atom stereocenters. The summed E-state index contributed by atoms with van der Waals surface area (Å²) in [6.07, 6.45) is 4.22. The molecule has 0 radical (unpaired) electrons. The van der Waals surface area contributed by atoms with Crippen molar-refractivity contribution in [3.63, 3.8) is 0 Å². The lowest BCUT2D eigenvalue weighted by molar-refractivity contribution is 0.0771. The van der Waals surface area contributed by atoms with Gasteiger partial charge in [-0.25, -0.2) is 4.98 Å². The van der Waals surface area contributed by atoms with Gasteiger partial charge in [-0.05, 0) is 24.7 Å². The summed E-state index contributed by atoms with van der Waals surface area (Å²) in [7, 11) is 0. The lowest BCUT2D eigenvalue weighted by Gasteiger charge is -2.29. The molecule has 6 heteroatoms. The molecule has 1 amide bonds. The molecular weight excluding hydrogens is 242 g/mol. The summed E-state index contributed by atoms with van der Waals surface area (Å²) in [5.41, 5.74) is 6.17. The van der Waals surface area contributed by atoms with E-state index in [1.165, 1.54) is 12.8 Å². The van der Waals surface area contributed by atoms with Gasteiger partial charge in [0.05, 0.1) is 0 Å². The Hall–Kier alpha value is -1.43. The van der Waals surface area contributed by atoms with Crippen LogP contribution in [0.3, 0.4) is 0 Å². The average Bonchev–Trinajstić information content (AvgIpc) is 3.05. The molecule has 2 fully saturated rings. The van der Waals surface area contributed by atoms with Gasteiger partial charge in [-0.2, -0.15) is 0 Å². The molecular formula is C13H21N5O. The highest BCUT2D eigenvalue weighted by Gasteiger charge is 2.41. The maximum Gasteiger partial charge on any atom is 0.293 e. The summed E-state index contributed by atoms with van der Waals surface area (Å²) >= 11 is 0. The lowest BCUT2D eigenvalue weighted by Crippen LogP contribution is -2.38. The van der Waals surface area contributed by atoms with Gasteiger partial charge < -0.3 is 10.6 Å². The fraction of sp³-hybridized carbons (Fsp3) is 0.769. The largest absolute Gasteiger partial charge is 0.335 e. The molecule has 2 heterocycles. The smallest absolute Gasteiger partial charge is 0.293 e. The molecule has 2 aliphatic rings. The van der Waals surface area contributed by atoms with Gasteiger partial charge in [0.2, 0.25) is 5.82 Å². The van der Waals surface area contributed by atoms with Gasteiger partial charge in [0.15, 0.2) is 0 Å². The number of nitrogens with zero attached hydrogens (tertiary/aromatic N) is 3. The summed E-state index contributed by atoms with van der Waals surface area (Å²) in [6.45, 7) is 3.56. The van der Waals surface area contributed by atoms with Gasteiger partial charge in [0.1, 0.15) is 5.82 Å². The van der Waals surface area contributed by atoms with E-state index < -0.39 is 0 Å². The number of H-pyrrole nitrogens is 1. The van der Waals surface area contributed by atoms with Crippen molar-refractivity contribution in [1.29, 1.82) is 0 Å². The van der Waals surface area contributed by atoms with Crippen molar-refractivity contribution >= 4 is 5.91 Å². The topological polar surface area (TPSA) is 87.9 Å². The molecule has 3 rings (SSSR count). The van der Waals surface area contributed by atoms with E-state index >= 15 is 0 Å². The molecule has 0 spiro atoms. The molecule has 3 N–H and O–H groups in total. The monoisotopic (exact) mass is 263 g/mol. The van der Waals surface area contributed by atoms with Crippen molar-refractivity contribution in [1.82, 2.24) is 20.1 Å². The van der Waals surface area contributed by atoms with Crippen molar-refractivity contribution in [2.75, 3.05) is 13.1 Å². The third kappa shape index (κ3) is 2.25. The molecule has 1 aromatic heterocycles. The highest BCUT2D eigenvalue weighted by Crippen LogP contribution is 2.35. The molecule has 0 bridgehead atoms. The Kier molecular flexibility index (Phi) is 3.26. The summed E-state index contributed by atoms with van der Waals surface area (Å²) < 4.78 is 0. The number of carbonyl (C=O) groups is 1. The van der Waals surface area contributed by atoms with E-state index in [-0.39, 0.29) is 11.9 Å². The molecule has 3 unspecified atom stereocenters. The zero-order chi connectivity index (χ0) is 13.4. The molecule has 19 heavy (non-hydrogen) atoms. The first-order chi connectivity index (χ1) is 9.19. The zero-order valence-corrected chi connectivity index (χ0v) is 11.3. The van der Waals surface area contributed by atoms with E-state index in [1.54, 1.807) is 0 Å². The molecule has 1 aliphatic heterocycles. The Morgan fingerprint density at radius 2 is 2.32 bits per heavy atom. The lowest BCUT2D eigenvalue weighted by atomic mass is 9.78. The number of aromatic amines is 1. The van der Waals surface area contributed by atoms with Gasteiger partial charge in [0, 0.05) is 25.6 Å². The first kappa shape index (κ1) is 12.6. The minimum absolute atomic E-state index is 0.0578. The van der Waals surface area contributed by atoms with Crippen molar-refractivity contribution in [3.05, 3.63) is 11.6 Å². The van der Waals surface area contributed by atoms with Gasteiger partial charge in [0.25, 0.3) is 5.91 Å². The van der Waals surface area contributed by atoms with E-state index in [9.17, 15) is 4.79 Å². The van der Waals surface area contributed by atoms with Crippen LogP contribution in [0, 0.1) is 11.8 Å². The van der Waals surface area contributed by atoms with E-state index in [1.807, 2.05) is 11.8 Å². The molecule has 1 saturated carbocycles. The zero-order valence-electron chi connectivity index (χ0n) is 11.3. The minimum Gasteiger partial charge on any atom is -0.335 e. The van der Waals surface area contributed by atoms with Gasteiger partial charge >= 0.3 is 0 Å². The van der Waals surface area contributed by atoms with Crippen LogP contribution in [0.2, 0.25) is 0 Å². The van der Waals surface area contributed by atoms with Crippen LogP contribution in [0.15, 0.2) is 0 Å². The quantitative estimate of drug-likeness (QED) is 0.816. The Morgan fingerprint density at radius 3 is 3.00 bits per heavy atom. The Balaban J connectivity index is 1.71. The number of hydrogen-bond acceptors (Lipinski definition) is 4. The van der Waals surface area contributed by atoms with Crippen LogP contribution in [0.5, 0.6) is 0 Å². The van der Waals surface area contributed by atoms with Crippen molar-refractivity contribution in [3.8, 4) is 0 Å². The predicted molar refractivity (Wildman–Crippen MR) is 70.5 cm³/mol. The van der Waals surface area contributed by atoms with Crippen molar-refractivity contribution < 1.29 is 4.79 Å². The van der Waals surface area contributed by atoms with Gasteiger partial charge in [-0.1, -0.05) is 13.3 Å². The Morgan fingerprint density at radius 1 is 1.47 bits per heavy atom. The molecule has 0 aromatic carbocycles. The number of nitrogens with one attached hydrogen (secondary N) is 1. The van der Waals surface area contributed by atoms with Crippen LogP contribution in [-0.2, 0) is 6.42 Å². The minimum atomic E-state index is -0.0578. The second kappa shape index (κ2) is 4.92. The second-order valence-electron chi connectivity index (χ2n) is 5.69. The highest BCUT2D eigenvalue weighted by molar-refractivity contribution is 5.90. The first-order valence-electron chi connectivity index (χ1n) is 7.15. The van der Waals surface area contributed by atoms with Crippen molar-refractivity contribution in [2.45, 2.75) is 38.6 Å². The van der Waals surface area contributed by atoms with Gasteiger partial charge in [-0.15, -0.1) is 5.10 Å². The van der Waals surface area contributed by atoms with Crippen LogP contribution in [0.25, 0.3) is 0 Å². The third-order valence-electron chi connectivity index (χ3n) is 4.50. The van der Waals surface area contributed by atoms with E-state index in [4.69, 9.17) is 5.73 Å². The number of aromatic nitrogens is 3. The maximum absolute atomic E-state index is 12.4. The number of carbonyl (C=O) groups excluding carboxylic acids is 1. The van der Waals surface area contributed by atoms with Gasteiger partial charge in [-0.3, -0.25) is 9.89 Å². The number of rotatable bonds is 2. The summed E-state index contributed by atoms with van der Waals surface area (Å²) in [6, 6.07) is 0.245. The maximum atomic E-state index is 12.4. The molecule has 1 aliphatic carbocycles. The van der Waals surface area contributed by atoms with E-state index in [0.29, 0.717) is 17.7 Å². The summed E-state index contributed by atoms with van der Waals surface area (Å²) in [5.74, 6) is 2.03. The second-order valence-corrected chi connectivity index (χ2v) is 5.69. The van der Waals surface area contributed by atoms with E-state index in [2.05, 4.69) is 15.2 Å². The summed E-state index contributed by atoms with van der Waals surface area (Å²) in [4.78, 5) is 18.5. The first-order valence-corrected chi connectivity index (χ1v) is 7.15. The summed E-state index contributed by atoms with van der Waals surface area (Å²) in [5, 5.41) is 6.81. The normalized spacial score (nSPS) is 30.4. The fourth-order valence-corrected chi connectivity index (χ4v) is 3.37. The van der Waals surface area contributed by atoms with Crippen LogP contribution in [0.1, 0.15) is 42.6 Å². The van der Waals surface area contributed by atoms with Crippen LogP contribution >= 0.6 is 0 Å². The molecule has 6 nitrogen and oxygen atoms in total. The number of likely N-dealkylation sites (tertiary alicyclic amines) is 1. The molecule has 1 aromatic rings. The van der Waals surface area contributed by atoms with E-state index in [0.717, 1.165) is 31.8 Å². The number of fused-ring (bicyclic) bond motifs is 1. The third-order valence-corrected chi connectivity index (χ3v) is 4.50. The Labute approximate surface area is 112 Å². The van der Waals surface area contributed by atoms with Crippen LogP contribution in [0.4, 0.5) is 0 Å². The number of aryl methyl sites for hydroxylation is 1. The molecule has 1 saturated heterocycles. The van der Waals surface area contributed by atoms with Crippen LogP contribution < -0.4 is 5.73 Å². The molecule has 104 valence electrons. The van der Waals surface area contributed by atoms with Crippen molar-refractivity contribution in [2.24, 2.45) is 17.6 Å².